The summed E-state index contributed by atoms with van der Waals surface area (Å²) in [6, 6.07) is 30.6. The molecule has 0 unspecified atom stereocenters. The van der Waals surface area contributed by atoms with Crippen molar-refractivity contribution in [3.8, 4) is 22.6 Å². The molecule has 5 aromatic carbocycles. The summed E-state index contributed by atoms with van der Waals surface area (Å²) in [5.41, 5.74) is 9.61. The molecule has 8 rings (SSSR count). The first kappa shape index (κ1) is 19.3. The molecule has 0 aliphatic carbocycles. The maximum Gasteiger partial charge on any atom is 0.252 e. The molecule has 1 aromatic heterocycles. The van der Waals surface area contributed by atoms with E-state index in [4.69, 9.17) is 9.15 Å². The van der Waals surface area contributed by atoms with E-state index < -0.39 is 0 Å². The van der Waals surface area contributed by atoms with Crippen LogP contribution in [0.25, 0.3) is 43.8 Å². The van der Waals surface area contributed by atoms with Gasteiger partial charge in [0.05, 0.1) is 0 Å². The second kappa shape index (κ2) is 6.37. The number of hydrogen-bond acceptors (Lipinski definition) is 2. The van der Waals surface area contributed by atoms with E-state index in [2.05, 4.69) is 99.6 Å². The molecule has 0 saturated carbocycles. The number of benzene rings is 5. The molecule has 2 nitrogen and oxygen atoms in total. The van der Waals surface area contributed by atoms with E-state index >= 15 is 0 Å². The highest BCUT2D eigenvalue weighted by Crippen LogP contribution is 2.41. The summed E-state index contributed by atoms with van der Waals surface area (Å²) in [5, 5.41) is 4.97. The van der Waals surface area contributed by atoms with Crippen LogP contribution >= 0.6 is 0 Å². The first-order valence-corrected chi connectivity index (χ1v) is 12.3. The fourth-order valence-corrected chi connectivity index (χ4v) is 6.28. The zero-order chi connectivity index (χ0) is 23.5. The SMILES string of the molecule is CC(C)(C)c1ccc2c(c1)B1c3c(cccc3-c3cccc4c3c1cc1oc3ccccc3c14)O2. The third-order valence-corrected chi connectivity index (χ3v) is 7.89. The van der Waals surface area contributed by atoms with Gasteiger partial charge in [-0.15, -0.1) is 0 Å². The molecule has 0 amide bonds. The fraction of sp³-hybridized carbons (Fsp3) is 0.125. The van der Waals surface area contributed by atoms with Gasteiger partial charge in [-0.3, -0.25) is 0 Å². The van der Waals surface area contributed by atoms with Crippen LogP contribution in [0.5, 0.6) is 11.5 Å². The van der Waals surface area contributed by atoms with Gasteiger partial charge in [0, 0.05) is 10.8 Å². The third-order valence-electron chi connectivity index (χ3n) is 7.89. The highest BCUT2D eigenvalue weighted by atomic mass is 16.5. The maximum atomic E-state index is 6.51. The number of fused-ring (bicyclic) bond motifs is 8. The van der Waals surface area contributed by atoms with Gasteiger partial charge in [0.1, 0.15) is 22.7 Å². The molecule has 0 saturated heterocycles. The predicted molar refractivity (Wildman–Crippen MR) is 147 cm³/mol. The van der Waals surface area contributed by atoms with Crippen molar-refractivity contribution in [1.82, 2.24) is 0 Å². The van der Waals surface area contributed by atoms with E-state index in [0.29, 0.717) is 0 Å². The lowest BCUT2D eigenvalue weighted by Crippen LogP contribution is -2.57. The molecule has 0 N–H and O–H groups in total. The molecule has 35 heavy (non-hydrogen) atoms. The molecule has 0 atom stereocenters. The van der Waals surface area contributed by atoms with Gasteiger partial charge >= 0.3 is 0 Å². The second-order valence-electron chi connectivity index (χ2n) is 10.9. The Kier molecular flexibility index (Phi) is 3.52. The zero-order valence-corrected chi connectivity index (χ0v) is 20.0. The van der Waals surface area contributed by atoms with Crippen LogP contribution in [0.3, 0.4) is 0 Å². The van der Waals surface area contributed by atoms with E-state index in [9.17, 15) is 0 Å². The van der Waals surface area contributed by atoms with Crippen LogP contribution < -0.4 is 21.1 Å². The first-order chi connectivity index (χ1) is 17.0. The number of ether oxygens (including phenoxy) is 1. The molecular weight excluding hydrogens is 427 g/mol. The van der Waals surface area contributed by atoms with Crippen molar-refractivity contribution < 1.29 is 9.15 Å². The minimum Gasteiger partial charge on any atom is -0.458 e. The van der Waals surface area contributed by atoms with Gasteiger partial charge in [0.25, 0.3) is 6.71 Å². The second-order valence-corrected chi connectivity index (χ2v) is 10.9. The van der Waals surface area contributed by atoms with E-state index in [-0.39, 0.29) is 12.1 Å². The summed E-state index contributed by atoms with van der Waals surface area (Å²) in [4.78, 5) is 0. The van der Waals surface area contributed by atoms with Crippen LogP contribution in [0.15, 0.2) is 89.3 Å². The molecule has 3 heterocycles. The van der Waals surface area contributed by atoms with Crippen molar-refractivity contribution in [2.75, 3.05) is 0 Å². The molecule has 2 aliphatic rings. The first-order valence-electron chi connectivity index (χ1n) is 12.3. The Morgan fingerprint density at radius 3 is 2.31 bits per heavy atom. The van der Waals surface area contributed by atoms with E-state index in [1.165, 1.54) is 54.6 Å². The van der Waals surface area contributed by atoms with Crippen LogP contribution in [-0.4, -0.2) is 6.71 Å². The molecule has 0 bridgehead atoms. The van der Waals surface area contributed by atoms with Gasteiger partial charge in [-0.25, -0.2) is 0 Å². The highest BCUT2D eigenvalue weighted by Gasteiger charge is 2.40. The average Bonchev–Trinajstić information content (AvgIpc) is 3.24. The summed E-state index contributed by atoms with van der Waals surface area (Å²) in [6.45, 7) is 6.91. The topological polar surface area (TPSA) is 22.4 Å². The van der Waals surface area contributed by atoms with Crippen LogP contribution in [-0.2, 0) is 5.41 Å². The minimum absolute atomic E-state index is 0.0550. The summed E-state index contributed by atoms with van der Waals surface area (Å²) in [5.74, 6) is 1.90. The van der Waals surface area contributed by atoms with Gasteiger partial charge in [-0.05, 0) is 68.1 Å². The van der Waals surface area contributed by atoms with Crippen LogP contribution in [0.1, 0.15) is 26.3 Å². The summed E-state index contributed by atoms with van der Waals surface area (Å²) in [7, 11) is 0. The quantitative estimate of drug-likeness (QED) is 0.242. The van der Waals surface area contributed by atoms with Gasteiger partial charge in [0.2, 0.25) is 0 Å². The monoisotopic (exact) mass is 450 g/mol. The average molecular weight is 450 g/mol. The largest absolute Gasteiger partial charge is 0.458 e. The van der Waals surface area contributed by atoms with Gasteiger partial charge < -0.3 is 9.15 Å². The van der Waals surface area contributed by atoms with E-state index in [0.717, 1.165) is 22.7 Å². The van der Waals surface area contributed by atoms with Crippen molar-refractivity contribution >= 4 is 55.8 Å². The minimum atomic E-state index is 0.0550. The lowest BCUT2D eigenvalue weighted by Gasteiger charge is -2.34. The lowest BCUT2D eigenvalue weighted by molar-refractivity contribution is 0.486. The van der Waals surface area contributed by atoms with Crippen molar-refractivity contribution in [3.05, 3.63) is 90.5 Å². The Labute approximate surface area is 204 Å². The molecular formula is C32H23BO2. The lowest BCUT2D eigenvalue weighted by atomic mass is 9.32. The number of hydrogen-bond donors (Lipinski definition) is 0. The number of furan rings is 1. The zero-order valence-electron chi connectivity index (χ0n) is 20.0. The van der Waals surface area contributed by atoms with Gasteiger partial charge in [-0.1, -0.05) is 86.9 Å². The predicted octanol–water partition coefficient (Wildman–Crippen LogP) is 6.64. The Balaban J connectivity index is 1.56. The smallest absolute Gasteiger partial charge is 0.252 e. The molecule has 0 spiro atoms. The van der Waals surface area contributed by atoms with E-state index in [1.807, 2.05) is 6.07 Å². The Bertz CT molecular complexity index is 1870. The molecule has 166 valence electrons. The summed E-state index contributed by atoms with van der Waals surface area (Å²) >= 11 is 0. The summed E-state index contributed by atoms with van der Waals surface area (Å²) in [6.07, 6.45) is 0. The maximum absolute atomic E-state index is 6.51. The molecule has 6 aromatic rings. The van der Waals surface area contributed by atoms with Crippen molar-refractivity contribution in [2.24, 2.45) is 0 Å². The van der Waals surface area contributed by atoms with Gasteiger partial charge in [0.15, 0.2) is 0 Å². The molecule has 0 fully saturated rings. The fourth-order valence-electron chi connectivity index (χ4n) is 6.28. The third kappa shape index (κ3) is 2.45. The highest BCUT2D eigenvalue weighted by molar-refractivity contribution is 7.00. The van der Waals surface area contributed by atoms with Crippen molar-refractivity contribution in [2.45, 2.75) is 26.2 Å². The van der Waals surface area contributed by atoms with Crippen LogP contribution in [0, 0.1) is 0 Å². The van der Waals surface area contributed by atoms with Crippen LogP contribution in [0.4, 0.5) is 0 Å². The van der Waals surface area contributed by atoms with Crippen LogP contribution in [0.2, 0.25) is 0 Å². The molecule has 2 aliphatic heterocycles. The molecule has 3 heteroatoms. The summed E-state index contributed by atoms with van der Waals surface area (Å²) < 4.78 is 12.9. The molecule has 0 radical (unpaired) electrons. The Morgan fingerprint density at radius 2 is 1.43 bits per heavy atom. The number of para-hydroxylation sites is 1. The van der Waals surface area contributed by atoms with E-state index in [1.54, 1.807) is 0 Å². The Hall–Kier alpha value is -3.98. The normalized spacial score (nSPS) is 13.7. The Morgan fingerprint density at radius 1 is 0.629 bits per heavy atom. The van der Waals surface area contributed by atoms with Gasteiger partial charge in [-0.2, -0.15) is 0 Å². The van der Waals surface area contributed by atoms with Crippen molar-refractivity contribution in [3.63, 3.8) is 0 Å². The number of rotatable bonds is 0. The van der Waals surface area contributed by atoms with Crippen molar-refractivity contribution in [1.29, 1.82) is 0 Å². The standard InChI is InChI=1S/C32H23BO2/c1-32(2,3)18-14-15-26-23(16-18)33-24-17-28-30(21-8-4-5-12-25(21)34-28)22-11-6-9-19(29(22)24)20-10-7-13-27(35-26)31(20)33/h4-17H,1-3H3.